The van der Waals surface area contributed by atoms with Gasteiger partial charge >= 0.3 is 5.97 Å². The molecule has 1 unspecified atom stereocenters. The molecule has 3 nitrogen and oxygen atoms in total. The van der Waals surface area contributed by atoms with Crippen LogP contribution in [0.3, 0.4) is 0 Å². The molecule has 2 fully saturated rings. The summed E-state index contributed by atoms with van der Waals surface area (Å²) in [6, 6.07) is 1.07. The van der Waals surface area contributed by atoms with Gasteiger partial charge in [-0.1, -0.05) is 20.3 Å². The Balaban J connectivity index is 1.99. The normalized spacial score (nSPS) is 29.3. The maximum absolute atomic E-state index is 10.9. The van der Waals surface area contributed by atoms with Crippen LogP contribution in [0.5, 0.6) is 0 Å². The second-order valence-corrected chi connectivity index (χ2v) is 6.21. The zero-order chi connectivity index (χ0) is 11.8. The van der Waals surface area contributed by atoms with Crippen LogP contribution in [-0.4, -0.2) is 34.6 Å². The SMILES string of the molecule is CC1(C)CCCC(N(CC(=O)O)C2CC2)C1. The lowest BCUT2D eigenvalue weighted by Crippen LogP contribution is -2.44. The molecule has 2 rings (SSSR count). The fourth-order valence-electron chi connectivity index (χ4n) is 3.06. The van der Waals surface area contributed by atoms with Gasteiger partial charge in [0.05, 0.1) is 6.54 Å². The Morgan fingerprint density at radius 1 is 1.31 bits per heavy atom. The number of carbonyl (C=O) groups is 1. The van der Waals surface area contributed by atoms with Gasteiger partial charge in [-0.3, -0.25) is 9.69 Å². The maximum Gasteiger partial charge on any atom is 0.317 e. The molecule has 0 spiro atoms. The van der Waals surface area contributed by atoms with Crippen LogP contribution in [0, 0.1) is 5.41 Å². The maximum atomic E-state index is 10.9. The van der Waals surface area contributed by atoms with E-state index < -0.39 is 5.97 Å². The van der Waals surface area contributed by atoms with Crippen molar-refractivity contribution in [3.05, 3.63) is 0 Å². The predicted molar refractivity (Wildman–Crippen MR) is 63.4 cm³/mol. The molecule has 0 aromatic rings. The first-order chi connectivity index (χ1) is 7.48. The second-order valence-electron chi connectivity index (χ2n) is 6.21. The summed E-state index contributed by atoms with van der Waals surface area (Å²) in [5, 5.41) is 8.98. The van der Waals surface area contributed by atoms with Crippen molar-refractivity contribution in [1.29, 1.82) is 0 Å². The van der Waals surface area contributed by atoms with E-state index in [0.717, 1.165) is 6.42 Å². The molecule has 1 N–H and O–H groups in total. The number of aliphatic carboxylic acids is 1. The lowest BCUT2D eigenvalue weighted by molar-refractivity contribution is -0.139. The topological polar surface area (TPSA) is 40.5 Å². The van der Waals surface area contributed by atoms with Crippen molar-refractivity contribution >= 4 is 5.97 Å². The summed E-state index contributed by atoms with van der Waals surface area (Å²) in [5.41, 5.74) is 0.397. The average Bonchev–Trinajstić information content (AvgIpc) is 2.95. The molecule has 0 aromatic carbocycles. The van der Waals surface area contributed by atoms with E-state index in [2.05, 4.69) is 18.7 Å². The summed E-state index contributed by atoms with van der Waals surface area (Å²) in [4.78, 5) is 13.2. The molecule has 0 aromatic heterocycles. The van der Waals surface area contributed by atoms with E-state index in [1.54, 1.807) is 0 Å². The summed E-state index contributed by atoms with van der Waals surface area (Å²) in [6.07, 6.45) is 7.29. The molecule has 2 aliphatic carbocycles. The first kappa shape index (κ1) is 11.9. The molecule has 0 heterocycles. The third-order valence-electron chi connectivity index (χ3n) is 3.98. The van der Waals surface area contributed by atoms with Crippen LogP contribution in [-0.2, 0) is 4.79 Å². The zero-order valence-corrected chi connectivity index (χ0v) is 10.4. The number of rotatable bonds is 4. The fourth-order valence-corrected chi connectivity index (χ4v) is 3.06. The van der Waals surface area contributed by atoms with E-state index in [0.29, 0.717) is 17.5 Å². The largest absolute Gasteiger partial charge is 0.480 e. The molecule has 0 saturated heterocycles. The van der Waals surface area contributed by atoms with Crippen LogP contribution in [0.1, 0.15) is 52.4 Å². The van der Waals surface area contributed by atoms with Crippen molar-refractivity contribution in [1.82, 2.24) is 4.90 Å². The number of carboxylic acid groups (broad SMARTS) is 1. The number of hydrogen-bond donors (Lipinski definition) is 1. The Kier molecular flexibility index (Phi) is 3.24. The highest BCUT2D eigenvalue weighted by molar-refractivity contribution is 5.69. The zero-order valence-electron chi connectivity index (χ0n) is 10.4. The van der Waals surface area contributed by atoms with Crippen LogP contribution in [0.4, 0.5) is 0 Å². The fraction of sp³-hybridized carbons (Fsp3) is 0.923. The molecular formula is C13H23NO2. The van der Waals surface area contributed by atoms with E-state index in [9.17, 15) is 4.79 Å². The first-order valence-electron chi connectivity index (χ1n) is 6.45. The van der Waals surface area contributed by atoms with E-state index in [-0.39, 0.29) is 6.54 Å². The molecule has 1 atom stereocenters. The van der Waals surface area contributed by atoms with Gasteiger partial charge in [-0.2, -0.15) is 0 Å². The Labute approximate surface area is 97.8 Å². The third-order valence-corrected chi connectivity index (χ3v) is 3.98. The lowest BCUT2D eigenvalue weighted by atomic mass is 9.74. The molecule has 0 amide bonds. The summed E-state index contributed by atoms with van der Waals surface area (Å²) >= 11 is 0. The van der Waals surface area contributed by atoms with Gasteiger partial charge < -0.3 is 5.11 Å². The van der Waals surface area contributed by atoms with E-state index >= 15 is 0 Å². The molecule has 16 heavy (non-hydrogen) atoms. The number of nitrogens with zero attached hydrogens (tertiary/aromatic N) is 1. The predicted octanol–water partition coefficient (Wildman–Crippen LogP) is 2.50. The standard InChI is InChI=1S/C13H23NO2/c1-13(2)7-3-4-11(8-13)14(9-12(15)16)10-5-6-10/h10-11H,3-9H2,1-2H3,(H,15,16). The lowest BCUT2D eigenvalue weighted by Gasteiger charge is -2.41. The van der Waals surface area contributed by atoms with Crippen molar-refractivity contribution in [3.63, 3.8) is 0 Å². The molecular weight excluding hydrogens is 202 g/mol. The van der Waals surface area contributed by atoms with Crippen molar-refractivity contribution in [2.45, 2.75) is 64.5 Å². The number of carboxylic acids is 1. The van der Waals surface area contributed by atoms with Crippen LogP contribution in [0.25, 0.3) is 0 Å². The van der Waals surface area contributed by atoms with Gasteiger partial charge in [-0.25, -0.2) is 0 Å². The Bertz CT molecular complexity index is 271. The van der Waals surface area contributed by atoms with Gasteiger partial charge in [-0.15, -0.1) is 0 Å². The van der Waals surface area contributed by atoms with E-state index in [1.807, 2.05) is 0 Å². The van der Waals surface area contributed by atoms with Gasteiger partial charge in [0.1, 0.15) is 0 Å². The molecule has 0 bridgehead atoms. The minimum absolute atomic E-state index is 0.241. The van der Waals surface area contributed by atoms with Crippen LogP contribution < -0.4 is 0 Å². The summed E-state index contributed by atoms with van der Waals surface area (Å²) in [5.74, 6) is -0.671. The smallest absolute Gasteiger partial charge is 0.317 e. The van der Waals surface area contributed by atoms with Crippen molar-refractivity contribution < 1.29 is 9.90 Å². The van der Waals surface area contributed by atoms with Gasteiger partial charge in [0.15, 0.2) is 0 Å². The Hall–Kier alpha value is -0.570. The van der Waals surface area contributed by atoms with Crippen LogP contribution >= 0.6 is 0 Å². The molecule has 0 radical (unpaired) electrons. The molecule has 0 aliphatic heterocycles. The van der Waals surface area contributed by atoms with Gasteiger partial charge in [0.2, 0.25) is 0 Å². The van der Waals surface area contributed by atoms with Crippen molar-refractivity contribution in [2.24, 2.45) is 5.41 Å². The second kappa shape index (κ2) is 4.36. The quantitative estimate of drug-likeness (QED) is 0.799. The highest BCUT2D eigenvalue weighted by Crippen LogP contribution is 2.40. The minimum atomic E-state index is -0.671. The highest BCUT2D eigenvalue weighted by atomic mass is 16.4. The third kappa shape index (κ3) is 2.97. The minimum Gasteiger partial charge on any atom is -0.480 e. The molecule has 2 saturated carbocycles. The van der Waals surface area contributed by atoms with Crippen molar-refractivity contribution in [2.75, 3.05) is 6.54 Å². The number of hydrogen-bond acceptors (Lipinski definition) is 2. The van der Waals surface area contributed by atoms with Gasteiger partial charge in [0.25, 0.3) is 0 Å². The van der Waals surface area contributed by atoms with Gasteiger partial charge in [-0.05, 0) is 37.5 Å². The molecule has 2 aliphatic rings. The monoisotopic (exact) mass is 225 g/mol. The summed E-state index contributed by atoms with van der Waals surface area (Å²) < 4.78 is 0. The summed E-state index contributed by atoms with van der Waals surface area (Å²) in [6.45, 7) is 4.86. The van der Waals surface area contributed by atoms with Gasteiger partial charge in [0, 0.05) is 12.1 Å². The van der Waals surface area contributed by atoms with Crippen LogP contribution in [0.2, 0.25) is 0 Å². The Morgan fingerprint density at radius 2 is 2.00 bits per heavy atom. The van der Waals surface area contributed by atoms with Crippen LogP contribution in [0.15, 0.2) is 0 Å². The molecule has 92 valence electrons. The molecule has 3 heteroatoms. The van der Waals surface area contributed by atoms with E-state index in [1.165, 1.54) is 32.1 Å². The first-order valence-corrected chi connectivity index (χ1v) is 6.45. The average molecular weight is 225 g/mol. The summed E-state index contributed by atoms with van der Waals surface area (Å²) in [7, 11) is 0. The highest BCUT2D eigenvalue weighted by Gasteiger charge is 2.39. The Morgan fingerprint density at radius 3 is 2.50 bits per heavy atom. The van der Waals surface area contributed by atoms with E-state index in [4.69, 9.17) is 5.11 Å². The van der Waals surface area contributed by atoms with Crippen molar-refractivity contribution in [3.8, 4) is 0 Å².